The van der Waals surface area contributed by atoms with Gasteiger partial charge in [-0.2, -0.15) is 10.4 Å². The van der Waals surface area contributed by atoms with Crippen LogP contribution in [0.1, 0.15) is 23.6 Å². The predicted molar refractivity (Wildman–Crippen MR) is 163 cm³/mol. The normalized spacial score (nSPS) is 19.3. The number of quaternary nitrogens is 1. The first-order valence-corrected chi connectivity index (χ1v) is 15.1. The van der Waals surface area contributed by atoms with Crippen molar-refractivity contribution < 1.29 is 36.7 Å². The zero-order valence-corrected chi connectivity index (χ0v) is 26.2. The molecule has 2 aromatic carbocycles. The van der Waals surface area contributed by atoms with Crippen LogP contribution in [0.15, 0.2) is 67.3 Å². The van der Waals surface area contributed by atoms with Crippen molar-refractivity contribution in [2.45, 2.75) is 35.9 Å². The number of thioether (sulfide) groups is 1. The lowest BCUT2D eigenvalue weighted by atomic mass is 9.89. The van der Waals surface area contributed by atoms with E-state index in [1.165, 1.54) is 53.4 Å². The minimum absolute atomic E-state index is 0.00916. The molecule has 0 unspecified atom stereocenters. The third kappa shape index (κ3) is 9.27. The molecule has 2 heterocycles. The summed E-state index contributed by atoms with van der Waals surface area (Å²) in [6.45, 7) is 2.29. The summed E-state index contributed by atoms with van der Waals surface area (Å²) in [5.74, 6) is -2.67. The third-order valence-electron chi connectivity index (χ3n) is 6.88. The summed E-state index contributed by atoms with van der Waals surface area (Å²) in [7, 11) is 5.50. The minimum atomic E-state index is -1.59. The zero-order valence-electron chi connectivity index (χ0n) is 25.4. The second-order valence-corrected chi connectivity index (χ2v) is 13.2. The van der Waals surface area contributed by atoms with Gasteiger partial charge in [0.05, 0.1) is 57.8 Å². The molecule has 0 bridgehead atoms. The van der Waals surface area contributed by atoms with Gasteiger partial charge in [0.25, 0.3) is 0 Å². The monoisotopic (exact) mass is 642 g/mol. The van der Waals surface area contributed by atoms with Crippen LogP contribution in [0.4, 0.5) is 13.2 Å². The Morgan fingerprint density at radius 3 is 2.56 bits per heavy atom. The highest BCUT2D eigenvalue weighted by atomic mass is 32.2. The van der Waals surface area contributed by atoms with Gasteiger partial charge in [-0.05, 0) is 37.3 Å². The highest BCUT2D eigenvalue weighted by molar-refractivity contribution is 8.00. The predicted octanol–water partition coefficient (Wildman–Crippen LogP) is 4.84. The summed E-state index contributed by atoms with van der Waals surface area (Å²) in [6, 6.07) is 9.32. The Labute approximate surface area is 264 Å². The van der Waals surface area contributed by atoms with Crippen molar-refractivity contribution in [3.05, 3.63) is 101 Å². The number of rotatable bonds is 12. The van der Waals surface area contributed by atoms with Gasteiger partial charge in [0, 0.05) is 22.4 Å². The Hall–Kier alpha value is -3.96. The molecule has 0 saturated carbocycles. The Balaban J connectivity index is 1.49. The lowest BCUT2D eigenvalue weighted by Crippen LogP contribution is -2.50. The number of halogens is 3. The standard InChI is InChI=1S/C32H35F3N5O4S/c1-22(45-26-17-42-31(43-18-26)8-6-5-7-24-10-9-23(15-36)13-28(24)34)32(19-39-21-37-20-38-39,44-30(41)16-40(2,3)4)27-12-11-25(33)14-29(27)35/h5-14,20-22,26,31H,16-19H2,1-4H3/q+1/b7-5+,8-6+/t22-,26?,31?,32-/m1/s1. The Bertz CT molecular complexity index is 1560. The molecule has 1 saturated heterocycles. The SMILES string of the molecule is C[C@@H](SC1COC(/C=C/C=C/c2ccc(C#N)cc2F)OC1)[C@@](Cn1cncn1)(OC(=O)C[N+](C)(C)C)c1ccc(F)cc1F. The van der Waals surface area contributed by atoms with Crippen molar-refractivity contribution in [1.29, 1.82) is 5.26 Å². The number of carbonyl (C=O) groups is 1. The maximum absolute atomic E-state index is 15.5. The van der Waals surface area contributed by atoms with Crippen molar-refractivity contribution in [2.75, 3.05) is 40.9 Å². The van der Waals surface area contributed by atoms with Crippen LogP contribution in [-0.2, 0) is 31.2 Å². The number of esters is 1. The summed E-state index contributed by atoms with van der Waals surface area (Å²) in [4.78, 5) is 17.3. The summed E-state index contributed by atoms with van der Waals surface area (Å²) < 4.78 is 63.2. The van der Waals surface area contributed by atoms with Gasteiger partial charge in [0.1, 0.15) is 30.1 Å². The van der Waals surface area contributed by atoms with Crippen LogP contribution >= 0.6 is 11.8 Å². The lowest BCUT2D eigenvalue weighted by Gasteiger charge is -2.41. The number of ether oxygens (including phenoxy) is 3. The van der Waals surface area contributed by atoms with Gasteiger partial charge in [0.2, 0.25) is 0 Å². The molecule has 13 heteroatoms. The molecule has 45 heavy (non-hydrogen) atoms. The number of hydrogen-bond acceptors (Lipinski definition) is 8. The van der Waals surface area contributed by atoms with Gasteiger partial charge >= 0.3 is 5.97 Å². The van der Waals surface area contributed by atoms with Gasteiger partial charge in [-0.15, -0.1) is 11.8 Å². The Morgan fingerprint density at radius 2 is 1.93 bits per heavy atom. The Morgan fingerprint density at radius 1 is 1.18 bits per heavy atom. The van der Waals surface area contributed by atoms with Gasteiger partial charge in [-0.3, -0.25) is 0 Å². The van der Waals surface area contributed by atoms with Crippen molar-refractivity contribution in [3.63, 3.8) is 0 Å². The van der Waals surface area contributed by atoms with Gasteiger partial charge in [-0.25, -0.2) is 27.6 Å². The maximum atomic E-state index is 15.5. The van der Waals surface area contributed by atoms with Gasteiger partial charge < -0.3 is 18.7 Å². The zero-order chi connectivity index (χ0) is 32.6. The van der Waals surface area contributed by atoms with E-state index in [1.54, 1.807) is 24.3 Å². The van der Waals surface area contributed by atoms with E-state index < -0.39 is 40.6 Å². The second-order valence-electron chi connectivity index (χ2n) is 11.6. The van der Waals surface area contributed by atoms with E-state index in [0.717, 1.165) is 12.1 Å². The summed E-state index contributed by atoms with van der Waals surface area (Å²) in [5.41, 5.74) is -1.00. The summed E-state index contributed by atoms with van der Waals surface area (Å²) in [6.07, 6.45) is 8.67. The third-order valence-corrected chi connectivity index (χ3v) is 8.33. The average Bonchev–Trinajstić information content (AvgIpc) is 3.48. The van der Waals surface area contributed by atoms with Crippen molar-refractivity contribution in [3.8, 4) is 6.07 Å². The number of aromatic nitrogens is 3. The van der Waals surface area contributed by atoms with Crippen LogP contribution in [0.25, 0.3) is 6.08 Å². The van der Waals surface area contributed by atoms with Crippen molar-refractivity contribution >= 4 is 23.8 Å². The Kier molecular flexibility index (Phi) is 11.2. The number of benzene rings is 2. The van der Waals surface area contributed by atoms with Crippen LogP contribution in [0.2, 0.25) is 0 Å². The van der Waals surface area contributed by atoms with Gasteiger partial charge in [0.15, 0.2) is 18.4 Å². The number of likely N-dealkylation sites (N-methyl/N-ethyl adjacent to an activating group) is 1. The van der Waals surface area contributed by atoms with E-state index in [9.17, 15) is 13.6 Å². The largest absolute Gasteiger partial charge is 0.447 e. The molecule has 3 aromatic rings. The van der Waals surface area contributed by atoms with Crippen LogP contribution in [-0.4, -0.2) is 82.9 Å². The first kappa shape index (κ1) is 33.9. The van der Waals surface area contributed by atoms with E-state index in [-0.39, 0.29) is 47.2 Å². The van der Waals surface area contributed by atoms with E-state index in [0.29, 0.717) is 5.56 Å². The van der Waals surface area contributed by atoms with Crippen LogP contribution in [0.3, 0.4) is 0 Å². The molecule has 4 rings (SSSR count). The number of nitriles is 1. The molecule has 0 N–H and O–H groups in total. The van der Waals surface area contributed by atoms with Crippen LogP contribution in [0.5, 0.6) is 0 Å². The molecule has 0 aliphatic carbocycles. The molecule has 1 aliphatic rings. The van der Waals surface area contributed by atoms with Crippen molar-refractivity contribution in [2.24, 2.45) is 0 Å². The highest BCUT2D eigenvalue weighted by Crippen LogP contribution is 2.42. The summed E-state index contributed by atoms with van der Waals surface area (Å²) >= 11 is 1.39. The number of carbonyl (C=O) groups excluding carboxylic acids is 1. The topological polar surface area (TPSA) is 99.3 Å². The molecule has 1 aliphatic heterocycles. The molecule has 1 fully saturated rings. The molecule has 2 atom stereocenters. The van der Waals surface area contributed by atoms with E-state index in [4.69, 9.17) is 19.5 Å². The molecular formula is C32H35F3N5O4S+. The first-order valence-electron chi connectivity index (χ1n) is 14.1. The molecule has 238 valence electrons. The first-order chi connectivity index (χ1) is 21.4. The summed E-state index contributed by atoms with van der Waals surface area (Å²) in [5, 5.41) is 12.3. The van der Waals surface area contributed by atoms with E-state index >= 15 is 4.39 Å². The fourth-order valence-electron chi connectivity index (χ4n) is 4.75. The second kappa shape index (κ2) is 14.9. The molecule has 0 radical (unpaired) electrons. The minimum Gasteiger partial charge on any atom is -0.447 e. The molecule has 1 aromatic heterocycles. The van der Waals surface area contributed by atoms with E-state index in [1.807, 2.05) is 34.1 Å². The lowest BCUT2D eigenvalue weighted by molar-refractivity contribution is -0.862. The molecular weight excluding hydrogens is 607 g/mol. The van der Waals surface area contributed by atoms with E-state index in [2.05, 4.69) is 10.1 Å². The highest BCUT2D eigenvalue weighted by Gasteiger charge is 2.47. The fraction of sp³-hybridized carbons (Fsp3) is 0.375. The average molecular weight is 643 g/mol. The van der Waals surface area contributed by atoms with Crippen molar-refractivity contribution in [1.82, 2.24) is 14.8 Å². The fourth-order valence-corrected chi connectivity index (χ4v) is 6.11. The molecule has 0 spiro atoms. The molecule has 9 nitrogen and oxygen atoms in total. The smallest absolute Gasteiger partial charge is 0.362 e. The maximum Gasteiger partial charge on any atom is 0.362 e. The number of hydrogen-bond donors (Lipinski definition) is 0. The number of allylic oxidation sites excluding steroid dienone is 2. The van der Waals surface area contributed by atoms with Gasteiger partial charge in [-0.1, -0.05) is 24.3 Å². The van der Waals surface area contributed by atoms with Crippen LogP contribution < -0.4 is 0 Å². The van der Waals surface area contributed by atoms with Crippen LogP contribution in [0, 0.1) is 28.8 Å². The molecule has 0 amide bonds. The quantitative estimate of drug-likeness (QED) is 0.157. The number of nitrogens with zero attached hydrogens (tertiary/aromatic N) is 5.